The Bertz CT molecular complexity index is 726. The van der Waals surface area contributed by atoms with Crippen molar-refractivity contribution in [2.24, 2.45) is 0 Å². The lowest BCUT2D eigenvalue weighted by molar-refractivity contribution is -0.117. The van der Waals surface area contributed by atoms with Crippen molar-refractivity contribution in [2.45, 2.75) is 19.9 Å². The molecule has 2 N–H and O–H groups in total. The molecule has 5 nitrogen and oxygen atoms in total. The van der Waals surface area contributed by atoms with E-state index in [1.807, 2.05) is 48.3 Å². The Hall–Kier alpha value is -2.66. The van der Waals surface area contributed by atoms with Gasteiger partial charge in [0.25, 0.3) is 5.91 Å². The van der Waals surface area contributed by atoms with Crippen LogP contribution < -0.4 is 10.6 Å². The Kier molecular flexibility index (Phi) is 6.71. The lowest BCUT2D eigenvalue weighted by atomic mass is 10.1. The first-order valence-corrected chi connectivity index (χ1v) is 8.40. The molecule has 2 aromatic rings. The van der Waals surface area contributed by atoms with Gasteiger partial charge in [0.05, 0.1) is 6.54 Å². The maximum absolute atomic E-state index is 12.3. The van der Waals surface area contributed by atoms with E-state index >= 15 is 0 Å². The maximum Gasteiger partial charge on any atom is 0.251 e. The van der Waals surface area contributed by atoms with Crippen molar-refractivity contribution in [1.82, 2.24) is 10.2 Å². The van der Waals surface area contributed by atoms with Crippen LogP contribution in [-0.4, -0.2) is 37.4 Å². The summed E-state index contributed by atoms with van der Waals surface area (Å²) in [4.78, 5) is 25.7. The molecule has 2 rings (SSSR count). The summed E-state index contributed by atoms with van der Waals surface area (Å²) < 4.78 is 0. The molecule has 2 aromatic carbocycles. The number of hydrogen-bond donors (Lipinski definition) is 2. The van der Waals surface area contributed by atoms with Gasteiger partial charge in [0, 0.05) is 24.8 Å². The Morgan fingerprint density at radius 2 is 1.72 bits per heavy atom. The van der Waals surface area contributed by atoms with E-state index in [-0.39, 0.29) is 11.8 Å². The highest BCUT2D eigenvalue weighted by Gasteiger charge is 2.10. The van der Waals surface area contributed by atoms with Gasteiger partial charge in [0.15, 0.2) is 0 Å². The second-order valence-electron chi connectivity index (χ2n) is 6.01. The van der Waals surface area contributed by atoms with E-state index in [4.69, 9.17) is 0 Å². The number of carbonyl (C=O) groups excluding carboxylic acids is 2. The molecule has 0 radical (unpaired) electrons. The average molecular weight is 339 g/mol. The zero-order valence-electron chi connectivity index (χ0n) is 15.0. The van der Waals surface area contributed by atoms with Crippen LogP contribution in [0.5, 0.6) is 0 Å². The van der Waals surface area contributed by atoms with Crippen molar-refractivity contribution >= 4 is 17.5 Å². The first-order valence-electron chi connectivity index (χ1n) is 8.40. The smallest absolute Gasteiger partial charge is 0.251 e. The summed E-state index contributed by atoms with van der Waals surface area (Å²) in [5.74, 6) is -0.140. The van der Waals surface area contributed by atoms with E-state index < -0.39 is 0 Å². The van der Waals surface area contributed by atoms with Gasteiger partial charge in [-0.15, -0.1) is 0 Å². The average Bonchev–Trinajstić information content (AvgIpc) is 2.62. The summed E-state index contributed by atoms with van der Waals surface area (Å²) in [5, 5.41) is 5.57. The number of anilines is 1. The molecule has 132 valence electrons. The van der Waals surface area contributed by atoms with E-state index in [1.54, 1.807) is 19.2 Å². The number of carbonyl (C=O) groups is 2. The summed E-state index contributed by atoms with van der Waals surface area (Å²) >= 11 is 0. The third kappa shape index (κ3) is 5.43. The predicted molar refractivity (Wildman–Crippen MR) is 101 cm³/mol. The first-order chi connectivity index (χ1) is 12.0. The van der Waals surface area contributed by atoms with Crippen LogP contribution in [0.3, 0.4) is 0 Å². The van der Waals surface area contributed by atoms with Gasteiger partial charge in [-0.1, -0.05) is 37.3 Å². The van der Waals surface area contributed by atoms with Crippen LogP contribution in [-0.2, 0) is 17.8 Å². The maximum atomic E-state index is 12.3. The van der Waals surface area contributed by atoms with Gasteiger partial charge < -0.3 is 10.6 Å². The minimum Gasteiger partial charge on any atom is -0.355 e. The first kappa shape index (κ1) is 18.7. The Morgan fingerprint density at radius 3 is 2.36 bits per heavy atom. The molecule has 0 spiro atoms. The number of aryl methyl sites for hydroxylation is 1. The summed E-state index contributed by atoms with van der Waals surface area (Å²) in [5.41, 5.74) is 3.68. The summed E-state index contributed by atoms with van der Waals surface area (Å²) in [6, 6.07) is 15.2. The lowest BCUT2D eigenvalue weighted by Crippen LogP contribution is -2.30. The van der Waals surface area contributed by atoms with Gasteiger partial charge in [-0.25, -0.2) is 0 Å². The zero-order chi connectivity index (χ0) is 18.2. The molecule has 0 heterocycles. The number of benzene rings is 2. The number of amides is 2. The number of nitrogens with one attached hydrogen (secondary N) is 2. The molecular weight excluding hydrogens is 314 g/mol. The van der Waals surface area contributed by atoms with Gasteiger partial charge in [-0.05, 0) is 42.8 Å². The Balaban J connectivity index is 1.90. The lowest BCUT2D eigenvalue weighted by Gasteiger charge is -2.17. The van der Waals surface area contributed by atoms with Crippen molar-refractivity contribution in [3.05, 3.63) is 65.2 Å². The molecule has 0 aromatic heterocycles. The highest BCUT2D eigenvalue weighted by atomic mass is 16.2. The summed E-state index contributed by atoms with van der Waals surface area (Å²) in [6.45, 7) is 3.01. The fourth-order valence-corrected chi connectivity index (χ4v) is 2.66. The van der Waals surface area contributed by atoms with E-state index in [9.17, 15) is 9.59 Å². The normalized spacial score (nSPS) is 10.6. The molecule has 0 unspecified atom stereocenters. The van der Waals surface area contributed by atoms with Crippen LogP contribution in [0.1, 0.15) is 28.4 Å². The van der Waals surface area contributed by atoms with Gasteiger partial charge in [-0.3, -0.25) is 14.5 Å². The second-order valence-corrected chi connectivity index (χ2v) is 6.01. The molecule has 0 saturated heterocycles. The topological polar surface area (TPSA) is 61.4 Å². The van der Waals surface area contributed by atoms with E-state index in [1.165, 1.54) is 0 Å². The molecule has 25 heavy (non-hydrogen) atoms. The van der Waals surface area contributed by atoms with Crippen LogP contribution >= 0.6 is 0 Å². The number of likely N-dealkylation sites (N-methyl/N-ethyl adjacent to an activating group) is 1. The van der Waals surface area contributed by atoms with Crippen molar-refractivity contribution in [3.8, 4) is 0 Å². The summed E-state index contributed by atoms with van der Waals surface area (Å²) in [6.07, 6.45) is 0.879. The fourth-order valence-electron chi connectivity index (χ4n) is 2.66. The van der Waals surface area contributed by atoms with Crippen LogP contribution in [0.2, 0.25) is 0 Å². The highest BCUT2D eigenvalue weighted by Crippen LogP contribution is 2.15. The largest absolute Gasteiger partial charge is 0.355 e. The quantitative estimate of drug-likeness (QED) is 0.815. The van der Waals surface area contributed by atoms with Crippen LogP contribution in [0.25, 0.3) is 0 Å². The zero-order valence-corrected chi connectivity index (χ0v) is 15.0. The minimum absolute atomic E-state index is 0.0367. The van der Waals surface area contributed by atoms with Gasteiger partial charge >= 0.3 is 0 Å². The predicted octanol–water partition coefficient (Wildman–Crippen LogP) is 2.68. The SMILES string of the molecule is CCc1ccccc1NC(=O)CN(C)Cc1ccc(C(=O)NC)cc1. The molecule has 5 heteroatoms. The van der Waals surface area contributed by atoms with Gasteiger partial charge in [0.1, 0.15) is 0 Å². The molecule has 0 aliphatic rings. The summed E-state index contributed by atoms with van der Waals surface area (Å²) in [7, 11) is 3.51. The van der Waals surface area contributed by atoms with Crippen molar-refractivity contribution in [1.29, 1.82) is 0 Å². The molecule has 2 amide bonds. The van der Waals surface area contributed by atoms with Crippen molar-refractivity contribution in [3.63, 3.8) is 0 Å². The molecule has 0 fully saturated rings. The second kappa shape index (κ2) is 8.99. The molecule has 0 atom stereocenters. The molecule has 0 bridgehead atoms. The number of para-hydroxylation sites is 1. The molecular formula is C20H25N3O2. The van der Waals surface area contributed by atoms with Crippen molar-refractivity contribution in [2.75, 3.05) is 26.0 Å². The number of rotatable bonds is 7. The molecule has 0 aliphatic carbocycles. The van der Waals surface area contributed by atoms with Crippen LogP contribution in [0, 0.1) is 0 Å². The standard InChI is InChI=1S/C20H25N3O2/c1-4-16-7-5-6-8-18(16)22-19(24)14-23(3)13-15-9-11-17(12-10-15)20(25)21-2/h5-12H,4,13-14H2,1-3H3,(H,21,25)(H,22,24). The minimum atomic E-state index is -0.103. The van der Waals surface area contributed by atoms with Gasteiger partial charge in [-0.2, -0.15) is 0 Å². The van der Waals surface area contributed by atoms with Gasteiger partial charge in [0.2, 0.25) is 5.91 Å². The van der Waals surface area contributed by atoms with Crippen molar-refractivity contribution < 1.29 is 9.59 Å². The van der Waals surface area contributed by atoms with Crippen LogP contribution in [0.15, 0.2) is 48.5 Å². The van der Waals surface area contributed by atoms with E-state index in [0.717, 1.165) is 23.2 Å². The highest BCUT2D eigenvalue weighted by molar-refractivity contribution is 5.94. The van der Waals surface area contributed by atoms with E-state index in [2.05, 4.69) is 17.6 Å². The fraction of sp³-hybridized carbons (Fsp3) is 0.300. The number of hydrogen-bond acceptors (Lipinski definition) is 3. The Labute approximate surface area is 149 Å². The third-order valence-electron chi connectivity index (χ3n) is 3.98. The monoisotopic (exact) mass is 339 g/mol. The molecule has 0 aliphatic heterocycles. The third-order valence-corrected chi connectivity index (χ3v) is 3.98. The van der Waals surface area contributed by atoms with Crippen LogP contribution in [0.4, 0.5) is 5.69 Å². The number of nitrogens with zero attached hydrogens (tertiary/aromatic N) is 1. The van der Waals surface area contributed by atoms with E-state index in [0.29, 0.717) is 18.7 Å². The molecule has 0 saturated carbocycles. The Morgan fingerprint density at radius 1 is 1.04 bits per heavy atom.